The molecule has 7 heteroatoms. The molecular weight excluding hydrogens is 268 g/mol. The number of carbonyl (C=O) groups excluding carboxylic acids is 1. The van der Waals surface area contributed by atoms with E-state index >= 15 is 0 Å². The zero-order chi connectivity index (χ0) is 15.2. The average Bonchev–Trinajstić information content (AvgIpc) is 2.49. The number of hydrogen-bond donors (Lipinski definition) is 2. The topological polar surface area (TPSA) is 107 Å². The number of pyridine rings is 1. The van der Waals surface area contributed by atoms with Crippen LogP contribution in [0.4, 0.5) is 5.95 Å². The second-order valence-electron chi connectivity index (χ2n) is 4.20. The van der Waals surface area contributed by atoms with Crippen molar-refractivity contribution in [2.45, 2.75) is 13.8 Å². The van der Waals surface area contributed by atoms with Crippen LogP contribution in [0.25, 0.3) is 0 Å². The summed E-state index contributed by atoms with van der Waals surface area (Å²) in [6, 6.07) is 3.27. The van der Waals surface area contributed by atoms with E-state index in [0.717, 1.165) is 0 Å². The summed E-state index contributed by atoms with van der Waals surface area (Å²) in [4.78, 5) is 20.2. The molecule has 21 heavy (non-hydrogen) atoms. The van der Waals surface area contributed by atoms with E-state index < -0.39 is 5.91 Å². The molecule has 2 aromatic rings. The van der Waals surface area contributed by atoms with E-state index in [2.05, 4.69) is 37.3 Å². The maximum atomic E-state index is 12.0. The first kappa shape index (κ1) is 14.6. The third-order valence-electron chi connectivity index (χ3n) is 2.65. The molecular formula is C14H14N6O. The molecule has 0 saturated carbocycles. The summed E-state index contributed by atoms with van der Waals surface area (Å²) >= 11 is 0. The molecule has 0 aliphatic rings. The molecule has 1 amide bonds. The Labute approximate surface area is 122 Å². The van der Waals surface area contributed by atoms with Gasteiger partial charge in [-0.25, -0.2) is 9.97 Å². The number of carbonyl (C=O) groups is 1. The number of nitrogens with zero attached hydrogens (tertiary/aromatic N) is 4. The van der Waals surface area contributed by atoms with Crippen LogP contribution in [-0.2, 0) is 0 Å². The summed E-state index contributed by atoms with van der Waals surface area (Å²) < 4.78 is 0. The van der Waals surface area contributed by atoms with Crippen LogP contribution in [-0.4, -0.2) is 32.6 Å². The fourth-order valence-corrected chi connectivity index (χ4v) is 1.43. The van der Waals surface area contributed by atoms with Crippen molar-refractivity contribution in [1.82, 2.24) is 20.2 Å². The van der Waals surface area contributed by atoms with E-state index in [-0.39, 0.29) is 18.2 Å². The first-order valence-corrected chi connectivity index (χ1v) is 6.24. The minimum atomic E-state index is -0.404. The summed E-state index contributed by atoms with van der Waals surface area (Å²) in [5.41, 5.74) is 7.65. The molecule has 0 atom stereocenters. The molecule has 0 aliphatic carbocycles. The molecule has 106 valence electrons. The molecule has 0 radical (unpaired) electrons. The Balaban J connectivity index is 2.11. The van der Waals surface area contributed by atoms with Gasteiger partial charge in [0.1, 0.15) is 5.69 Å². The lowest BCUT2D eigenvalue weighted by molar-refractivity contribution is 0.102. The Morgan fingerprint density at radius 3 is 2.71 bits per heavy atom. The van der Waals surface area contributed by atoms with Crippen LogP contribution in [0.5, 0.6) is 0 Å². The first-order valence-electron chi connectivity index (χ1n) is 6.24. The molecule has 2 aromatic heterocycles. The van der Waals surface area contributed by atoms with Gasteiger partial charge in [-0.2, -0.15) is 5.10 Å². The molecule has 0 aromatic carbocycles. The second-order valence-corrected chi connectivity index (χ2v) is 4.20. The van der Waals surface area contributed by atoms with Crippen LogP contribution in [0.15, 0.2) is 18.3 Å². The van der Waals surface area contributed by atoms with Crippen LogP contribution < -0.4 is 11.1 Å². The van der Waals surface area contributed by atoms with Crippen LogP contribution in [0.3, 0.4) is 0 Å². The van der Waals surface area contributed by atoms with E-state index in [1.54, 1.807) is 26.0 Å². The SMILES string of the molecule is Cc1nnc(NC(=O)c2ccc(C#CCN)cn2)nc1C. The van der Waals surface area contributed by atoms with E-state index in [4.69, 9.17) is 5.73 Å². The van der Waals surface area contributed by atoms with E-state index in [0.29, 0.717) is 17.0 Å². The molecule has 0 bridgehead atoms. The fraction of sp³-hybridized carbons (Fsp3) is 0.214. The Kier molecular flexibility index (Phi) is 4.53. The van der Waals surface area contributed by atoms with Crippen molar-refractivity contribution in [2.75, 3.05) is 11.9 Å². The molecule has 0 spiro atoms. The van der Waals surface area contributed by atoms with Crippen LogP contribution in [0.2, 0.25) is 0 Å². The third-order valence-corrected chi connectivity index (χ3v) is 2.65. The molecule has 0 saturated heterocycles. The van der Waals surface area contributed by atoms with Gasteiger partial charge in [-0.15, -0.1) is 5.10 Å². The third kappa shape index (κ3) is 3.81. The van der Waals surface area contributed by atoms with E-state index in [1.165, 1.54) is 6.20 Å². The summed E-state index contributed by atoms with van der Waals surface area (Å²) in [6.07, 6.45) is 1.51. The highest BCUT2D eigenvalue weighted by molar-refractivity contribution is 6.01. The van der Waals surface area contributed by atoms with Gasteiger partial charge < -0.3 is 5.73 Å². The molecule has 7 nitrogen and oxygen atoms in total. The van der Waals surface area contributed by atoms with Crippen molar-refractivity contribution in [1.29, 1.82) is 0 Å². The minimum absolute atomic E-state index is 0.150. The number of aromatic nitrogens is 4. The Morgan fingerprint density at radius 2 is 2.10 bits per heavy atom. The predicted octanol–water partition coefficient (Wildman–Crippen LogP) is 0.446. The molecule has 0 unspecified atom stereocenters. The lowest BCUT2D eigenvalue weighted by Gasteiger charge is -2.04. The van der Waals surface area contributed by atoms with Gasteiger partial charge in [-0.05, 0) is 26.0 Å². The van der Waals surface area contributed by atoms with Gasteiger partial charge in [0.2, 0.25) is 5.95 Å². The Bertz CT molecular complexity index is 714. The number of amides is 1. The van der Waals surface area contributed by atoms with Gasteiger partial charge in [0.05, 0.1) is 17.9 Å². The summed E-state index contributed by atoms with van der Waals surface area (Å²) in [5.74, 6) is 5.29. The van der Waals surface area contributed by atoms with Crippen molar-refractivity contribution in [3.05, 3.63) is 41.0 Å². The highest BCUT2D eigenvalue weighted by Gasteiger charge is 2.10. The quantitative estimate of drug-likeness (QED) is 0.774. The lowest BCUT2D eigenvalue weighted by atomic mass is 10.2. The van der Waals surface area contributed by atoms with Gasteiger partial charge >= 0.3 is 0 Å². The summed E-state index contributed by atoms with van der Waals surface area (Å²) in [6.45, 7) is 3.87. The maximum absolute atomic E-state index is 12.0. The number of nitrogens with one attached hydrogen (secondary N) is 1. The largest absolute Gasteiger partial charge is 0.320 e. The normalized spacial score (nSPS) is 9.67. The lowest BCUT2D eigenvalue weighted by Crippen LogP contribution is -2.16. The van der Waals surface area contributed by atoms with E-state index in [9.17, 15) is 4.79 Å². The van der Waals surface area contributed by atoms with Crippen molar-refractivity contribution in [3.63, 3.8) is 0 Å². The van der Waals surface area contributed by atoms with Gasteiger partial charge in [-0.3, -0.25) is 10.1 Å². The predicted molar refractivity (Wildman–Crippen MR) is 77.4 cm³/mol. The zero-order valence-corrected chi connectivity index (χ0v) is 11.7. The van der Waals surface area contributed by atoms with E-state index in [1.807, 2.05) is 0 Å². The number of rotatable bonds is 2. The van der Waals surface area contributed by atoms with Crippen LogP contribution in [0, 0.1) is 25.7 Å². The van der Waals surface area contributed by atoms with Crippen molar-refractivity contribution >= 4 is 11.9 Å². The average molecular weight is 282 g/mol. The van der Waals surface area contributed by atoms with Gasteiger partial charge in [0.25, 0.3) is 5.91 Å². The van der Waals surface area contributed by atoms with Crippen LogP contribution >= 0.6 is 0 Å². The molecule has 2 rings (SSSR count). The highest BCUT2D eigenvalue weighted by Crippen LogP contribution is 2.05. The number of anilines is 1. The number of nitrogens with two attached hydrogens (primary N) is 1. The van der Waals surface area contributed by atoms with Gasteiger partial charge in [0.15, 0.2) is 0 Å². The maximum Gasteiger partial charge on any atom is 0.276 e. The molecule has 0 aliphatic heterocycles. The molecule has 0 fully saturated rings. The van der Waals surface area contributed by atoms with Crippen molar-refractivity contribution in [2.24, 2.45) is 5.73 Å². The summed E-state index contributed by atoms with van der Waals surface area (Å²) in [7, 11) is 0. The first-order chi connectivity index (χ1) is 10.1. The molecule has 2 heterocycles. The minimum Gasteiger partial charge on any atom is -0.320 e. The standard InChI is InChI=1S/C14H14N6O/c1-9-10(2)19-20-14(17-9)18-13(21)12-6-5-11(8-16-12)4-3-7-15/h5-6,8H,7,15H2,1-2H3,(H,17,18,20,21). The second kappa shape index (κ2) is 6.54. The smallest absolute Gasteiger partial charge is 0.276 e. The fourth-order valence-electron chi connectivity index (χ4n) is 1.43. The highest BCUT2D eigenvalue weighted by atomic mass is 16.2. The monoisotopic (exact) mass is 282 g/mol. The zero-order valence-electron chi connectivity index (χ0n) is 11.7. The molecule has 3 N–H and O–H groups in total. The summed E-state index contributed by atoms with van der Waals surface area (Å²) in [5, 5.41) is 10.2. The number of aryl methyl sites for hydroxylation is 2. The van der Waals surface area contributed by atoms with Gasteiger partial charge in [-0.1, -0.05) is 11.8 Å². The van der Waals surface area contributed by atoms with Crippen molar-refractivity contribution in [3.8, 4) is 11.8 Å². The Morgan fingerprint density at radius 1 is 1.29 bits per heavy atom. The Hall–Kier alpha value is -2.85. The van der Waals surface area contributed by atoms with Crippen LogP contribution in [0.1, 0.15) is 27.4 Å². The van der Waals surface area contributed by atoms with Crippen molar-refractivity contribution < 1.29 is 4.79 Å². The number of hydrogen-bond acceptors (Lipinski definition) is 6. The van der Waals surface area contributed by atoms with Gasteiger partial charge in [0, 0.05) is 11.8 Å².